The first-order chi connectivity index (χ1) is 26.3. The molecule has 0 aliphatic rings. The van der Waals surface area contributed by atoms with Gasteiger partial charge in [0.05, 0.1) is 11.9 Å². The van der Waals surface area contributed by atoms with Crippen LogP contribution in [0, 0.1) is 0 Å². The fourth-order valence-corrected chi connectivity index (χ4v) is 6.42. The number of para-hydroxylation sites is 3. The number of imidazole rings is 3. The molecule has 8 heteroatoms. The Kier molecular flexibility index (Phi) is 8.36. The molecule has 9 rings (SSSR count). The van der Waals surface area contributed by atoms with Crippen molar-refractivity contribution in [2.75, 3.05) is 0 Å². The van der Waals surface area contributed by atoms with Crippen LogP contribution in [0.4, 0.5) is 0 Å². The van der Waals surface area contributed by atoms with Crippen molar-refractivity contribution in [2.45, 2.75) is 0 Å². The average molecular weight is 689 g/mol. The van der Waals surface area contributed by atoms with Crippen LogP contribution < -0.4 is 9.47 Å². The second kappa shape index (κ2) is 14.0. The number of aromatic nitrogens is 6. The van der Waals surface area contributed by atoms with Gasteiger partial charge in [-0.1, -0.05) is 91.0 Å². The van der Waals surface area contributed by atoms with E-state index >= 15 is 0 Å². The summed E-state index contributed by atoms with van der Waals surface area (Å²) in [6, 6.07) is 54.3. The van der Waals surface area contributed by atoms with Crippen molar-refractivity contribution in [3.63, 3.8) is 0 Å². The standard InChI is InChI=1S/C45H32N6O2/c1-4-16-36(17-5-1)49-27-25-46-43(49)33-13-10-22-39(29-33)52-40-23-12-15-35(31-40)45-48-32-42(51(45)38-20-8-3-9-21-38)53-41-24-11-14-34(30-41)44-47-26-28-50(44)37-18-6-2-7-19-37/h1-32H. The summed E-state index contributed by atoms with van der Waals surface area (Å²) in [5.41, 5.74) is 5.74. The van der Waals surface area contributed by atoms with E-state index in [2.05, 4.69) is 43.4 Å². The lowest BCUT2D eigenvalue weighted by Crippen LogP contribution is -2.01. The molecule has 0 spiro atoms. The van der Waals surface area contributed by atoms with E-state index in [-0.39, 0.29) is 0 Å². The fraction of sp³-hybridized carbons (Fsp3) is 0. The fourth-order valence-electron chi connectivity index (χ4n) is 6.42. The van der Waals surface area contributed by atoms with Gasteiger partial charge in [0.25, 0.3) is 0 Å². The van der Waals surface area contributed by atoms with Crippen molar-refractivity contribution in [3.05, 3.63) is 195 Å². The number of hydrogen-bond donors (Lipinski definition) is 0. The van der Waals surface area contributed by atoms with E-state index in [4.69, 9.17) is 14.5 Å². The molecule has 0 N–H and O–H groups in total. The van der Waals surface area contributed by atoms with Gasteiger partial charge in [0.2, 0.25) is 5.88 Å². The van der Waals surface area contributed by atoms with Gasteiger partial charge < -0.3 is 9.47 Å². The molecule has 0 saturated heterocycles. The van der Waals surface area contributed by atoms with Gasteiger partial charge in [0.1, 0.15) is 34.7 Å². The van der Waals surface area contributed by atoms with E-state index in [1.165, 1.54) is 0 Å². The summed E-state index contributed by atoms with van der Waals surface area (Å²) in [5.74, 6) is 4.98. The summed E-state index contributed by atoms with van der Waals surface area (Å²) in [6.45, 7) is 0. The van der Waals surface area contributed by atoms with Gasteiger partial charge in [-0.2, -0.15) is 0 Å². The maximum Gasteiger partial charge on any atom is 0.224 e. The molecule has 0 saturated carbocycles. The highest BCUT2D eigenvalue weighted by molar-refractivity contribution is 5.65. The Hall–Kier alpha value is -7.45. The van der Waals surface area contributed by atoms with Crippen LogP contribution in [0.5, 0.6) is 23.1 Å². The monoisotopic (exact) mass is 688 g/mol. The van der Waals surface area contributed by atoms with Gasteiger partial charge in [0, 0.05) is 52.9 Å². The molecular formula is C45H32N6O2. The number of nitrogens with zero attached hydrogens (tertiary/aromatic N) is 6. The van der Waals surface area contributed by atoms with E-state index in [0.29, 0.717) is 29.0 Å². The first-order valence-corrected chi connectivity index (χ1v) is 17.2. The van der Waals surface area contributed by atoms with Gasteiger partial charge in [-0.05, 0) is 72.8 Å². The maximum atomic E-state index is 6.59. The molecule has 9 aromatic rings. The third-order valence-electron chi connectivity index (χ3n) is 8.83. The minimum absolute atomic E-state index is 0.572. The number of hydrogen-bond acceptors (Lipinski definition) is 5. The highest BCUT2D eigenvalue weighted by Gasteiger charge is 2.18. The minimum Gasteiger partial charge on any atom is -0.457 e. The van der Waals surface area contributed by atoms with Crippen molar-refractivity contribution in [2.24, 2.45) is 0 Å². The zero-order chi connectivity index (χ0) is 35.4. The lowest BCUT2D eigenvalue weighted by atomic mass is 10.1. The van der Waals surface area contributed by atoms with Crippen molar-refractivity contribution >= 4 is 0 Å². The predicted octanol–water partition coefficient (Wildman–Crippen LogP) is 10.8. The topological polar surface area (TPSA) is 71.9 Å². The first kappa shape index (κ1) is 31.5. The van der Waals surface area contributed by atoms with Gasteiger partial charge >= 0.3 is 0 Å². The smallest absolute Gasteiger partial charge is 0.224 e. The summed E-state index contributed by atoms with van der Waals surface area (Å²) in [5, 5.41) is 0. The van der Waals surface area contributed by atoms with E-state index < -0.39 is 0 Å². The van der Waals surface area contributed by atoms with Gasteiger partial charge in [0.15, 0.2) is 0 Å². The second-order valence-electron chi connectivity index (χ2n) is 12.3. The highest BCUT2D eigenvalue weighted by Crippen LogP contribution is 2.35. The van der Waals surface area contributed by atoms with E-state index in [1.54, 1.807) is 6.20 Å². The molecule has 254 valence electrons. The van der Waals surface area contributed by atoms with Crippen LogP contribution in [0.3, 0.4) is 0 Å². The Morgan fingerprint density at radius 3 is 1.30 bits per heavy atom. The molecule has 0 unspecified atom stereocenters. The van der Waals surface area contributed by atoms with Gasteiger partial charge in [-0.25, -0.2) is 15.0 Å². The van der Waals surface area contributed by atoms with Crippen LogP contribution in [0.25, 0.3) is 51.2 Å². The SMILES string of the molecule is c1ccc(-n2ccnc2-c2cccc(Oc3cccc(-c4ncc(Oc5cccc(-c6nccn6-c6ccccc6)c5)n4-c4ccccc4)c3)c2)cc1. The van der Waals surface area contributed by atoms with Crippen LogP contribution in [0.15, 0.2) is 195 Å². The van der Waals surface area contributed by atoms with Crippen LogP contribution in [0.2, 0.25) is 0 Å². The zero-order valence-corrected chi connectivity index (χ0v) is 28.5. The molecule has 0 aliphatic heterocycles. The third kappa shape index (κ3) is 6.48. The second-order valence-corrected chi connectivity index (χ2v) is 12.3. The quantitative estimate of drug-likeness (QED) is 0.143. The summed E-state index contributed by atoms with van der Waals surface area (Å²) < 4.78 is 19.2. The van der Waals surface area contributed by atoms with E-state index in [9.17, 15) is 0 Å². The summed E-state index contributed by atoms with van der Waals surface area (Å²) in [7, 11) is 0. The largest absolute Gasteiger partial charge is 0.457 e. The van der Waals surface area contributed by atoms with Gasteiger partial charge in [-0.15, -0.1) is 0 Å². The molecule has 0 atom stereocenters. The first-order valence-electron chi connectivity index (χ1n) is 17.2. The predicted molar refractivity (Wildman–Crippen MR) is 207 cm³/mol. The van der Waals surface area contributed by atoms with Crippen LogP contribution >= 0.6 is 0 Å². The van der Waals surface area contributed by atoms with E-state index in [0.717, 1.165) is 45.4 Å². The third-order valence-corrected chi connectivity index (χ3v) is 8.83. The molecule has 0 amide bonds. The Balaban J connectivity index is 1.02. The van der Waals surface area contributed by atoms with Crippen molar-refractivity contribution in [1.29, 1.82) is 0 Å². The Labute approximate surface area is 306 Å². The van der Waals surface area contributed by atoms with Crippen molar-refractivity contribution in [1.82, 2.24) is 28.7 Å². The van der Waals surface area contributed by atoms with Crippen LogP contribution in [0.1, 0.15) is 0 Å². The summed E-state index contributed by atoms with van der Waals surface area (Å²) in [4.78, 5) is 14.2. The molecule has 3 aromatic heterocycles. The van der Waals surface area contributed by atoms with Crippen molar-refractivity contribution < 1.29 is 9.47 Å². The minimum atomic E-state index is 0.572. The van der Waals surface area contributed by atoms with Crippen molar-refractivity contribution in [3.8, 4) is 74.4 Å². The zero-order valence-electron chi connectivity index (χ0n) is 28.5. The number of ether oxygens (including phenoxy) is 2. The Morgan fingerprint density at radius 1 is 0.377 bits per heavy atom. The molecule has 0 aliphatic carbocycles. The van der Waals surface area contributed by atoms with E-state index in [1.807, 2.05) is 169 Å². The molecular weight excluding hydrogens is 657 g/mol. The highest BCUT2D eigenvalue weighted by atomic mass is 16.5. The van der Waals surface area contributed by atoms with Crippen LogP contribution in [-0.4, -0.2) is 28.7 Å². The number of rotatable bonds is 10. The molecule has 0 radical (unpaired) electrons. The normalized spacial score (nSPS) is 11.0. The van der Waals surface area contributed by atoms with Crippen LogP contribution in [-0.2, 0) is 0 Å². The summed E-state index contributed by atoms with van der Waals surface area (Å²) in [6.07, 6.45) is 9.30. The molecule has 53 heavy (non-hydrogen) atoms. The Morgan fingerprint density at radius 2 is 0.811 bits per heavy atom. The molecule has 6 aromatic carbocycles. The molecule has 3 heterocycles. The molecule has 0 fully saturated rings. The molecule has 8 nitrogen and oxygen atoms in total. The summed E-state index contributed by atoms with van der Waals surface area (Å²) >= 11 is 0. The maximum absolute atomic E-state index is 6.59. The lowest BCUT2D eigenvalue weighted by Gasteiger charge is -2.14. The lowest BCUT2D eigenvalue weighted by molar-refractivity contribution is 0.453. The Bertz CT molecular complexity index is 2630. The number of benzene rings is 6. The molecule has 0 bridgehead atoms. The van der Waals surface area contributed by atoms with Gasteiger partial charge in [-0.3, -0.25) is 13.7 Å². The average Bonchev–Trinajstić information content (AvgIpc) is 4.00.